The number of esters is 1. The molecule has 0 aromatic heterocycles. The zero-order valence-electron chi connectivity index (χ0n) is 17.8. The summed E-state index contributed by atoms with van der Waals surface area (Å²) in [7, 11) is 1.35. The predicted molar refractivity (Wildman–Crippen MR) is 118 cm³/mol. The monoisotopic (exact) mass is 430 g/mol. The van der Waals surface area contributed by atoms with Gasteiger partial charge in [0.25, 0.3) is 0 Å². The first-order valence-electron chi connectivity index (χ1n) is 9.73. The predicted octanol–water partition coefficient (Wildman–Crippen LogP) is 5.14. The van der Waals surface area contributed by atoms with Crippen LogP contribution in [0.4, 0.5) is 11.4 Å². The van der Waals surface area contributed by atoms with E-state index in [9.17, 15) is 14.7 Å². The molecule has 1 aliphatic rings. The molecule has 0 amide bonds. The maximum Gasteiger partial charge on any atom is 0.340 e. The van der Waals surface area contributed by atoms with Crippen molar-refractivity contribution in [3.8, 4) is 0 Å². The van der Waals surface area contributed by atoms with Crippen LogP contribution in [0.2, 0.25) is 5.02 Å². The number of hydrogen-bond acceptors (Lipinski definition) is 5. The lowest BCUT2D eigenvalue weighted by Crippen LogP contribution is -2.40. The van der Waals surface area contributed by atoms with Crippen LogP contribution in [-0.4, -0.2) is 29.7 Å². The average molecular weight is 431 g/mol. The molecular formula is C23H27ClN2O4. The molecule has 3 rings (SSSR count). The quantitative estimate of drug-likeness (QED) is 0.569. The topological polar surface area (TPSA) is 87.7 Å². The van der Waals surface area contributed by atoms with E-state index in [1.165, 1.54) is 7.11 Å². The Bertz CT molecular complexity index is 1000. The second kappa shape index (κ2) is 7.84. The molecule has 2 aromatic rings. The van der Waals surface area contributed by atoms with Crippen LogP contribution in [0.25, 0.3) is 0 Å². The first-order valence-corrected chi connectivity index (χ1v) is 10.1. The van der Waals surface area contributed by atoms with Crippen molar-refractivity contribution in [2.75, 3.05) is 17.7 Å². The Kier molecular flexibility index (Phi) is 5.74. The van der Waals surface area contributed by atoms with E-state index in [-0.39, 0.29) is 11.5 Å². The summed E-state index contributed by atoms with van der Waals surface area (Å²) in [6.45, 7) is 7.53. The first kappa shape index (κ1) is 22.0. The SMILES string of the molecule is COC(=O)c1cc(Cl)cc2c1NC(c1cccc(NC(C)(C)C(=O)O)c1)C(C)(C)C2. The molecule has 30 heavy (non-hydrogen) atoms. The zero-order chi connectivity index (χ0) is 22.3. The molecule has 1 aliphatic heterocycles. The lowest BCUT2D eigenvalue weighted by atomic mass is 9.72. The number of carbonyl (C=O) groups is 2. The zero-order valence-corrected chi connectivity index (χ0v) is 18.6. The molecular weight excluding hydrogens is 404 g/mol. The van der Waals surface area contributed by atoms with Gasteiger partial charge in [0.05, 0.1) is 24.4 Å². The molecule has 7 heteroatoms. The van der Waals surface area contributed by atoms with E-state index in [1.54, 1.807) is 19.9 Å². The van der Waals surface area contributed by atoms with Crippen molar-refractivity contribution >= 4 is 34.9 Å². The number of aliphatic carboxylic acids is 1. The van der Waals surface area contributed by atoms with Crippen LogP contribution in [0.3, 0.4) is 0 Å². The van der Waals surface area contributed by atoms with Gasteiger partial charge in [-0.05, 0) is 61.1 Å². The third-order valence-electron chi connectivity index (χ3n) is 5.52. The van der Waals surface area contributed by atoms with Crippen LogP contribution in [0, 0.1) is 5.41 Å². The maximum absolute atomic E-state index is 12.3. The summed E-state index contributed by atoms with van der Waals surface area (Å²) in [5.41, 5.74) is 2.50. The number of fused-ring (bicyclic) bond motifs is 1. The fourth-order valence-corrected chi connectivity index (χ4v) is 4.16. The molecule has 160 valence electrons. The first-order chi connectivity index (χ1) is 13.9. The Labute approximate surface area is 181 Å². The van der Waals surface area contributed by atoms with Gasteiger partial charge in [0.1, 0.15) is 5.54 Å². The number of anilines is 2. The Balaban J connectivity index is 2.02. The van der Waals surface area contributed by atoms with Gasteiger partial charge in [0.15, 0.2) is 0 Å². The Morgan fingerprint density at radius 3 is 2.60 bits per heavy atom. The van der Waals surface area contributed by atoms with Gasteiger partial charge < -0.3 is 20.5 Å². The van der Waals surface area contributed by atoms with Crippen molar-refractivity contribution in [3.05, 3.63) is 58.1 Å². The van der Waals surface area contributed by atoms with E-state index >= 15 is 0 Å². The number of halogens is 1. The molecule has 1 unspecified atom stereocenters. The third kappa shape index (κ3) is 4.24. The Morgan fingerprint density at radius 2 is 1.97 bits per heavy atom. The minimum atomic E-state index is -1.10. The highest BCUT2D eigenvalue weighted by Gasteiger charge is 2.38. The normalized spacial score (nSPS) is 17.5. The van der Waals surface area contributed by atoms with E-state index in [1.807, 2.05) is 30.3 Å². The van der Waals surface area contributed by atoms with Crippen LogP contribution < -0.4 is 10.6 Å². The summed E-state index contributed by atoms with van der Waals surface area (Å²) in [4.78, 5) is 23.8. The minimum absolute atomic E-state index is 0.107. The smallest absolute Gasteiger partial charge is 0.340 e. The third-order valence-corrected chi connectivity index (χ3v) is 5.74. The molecule has 0 spiro atoms. The summed E-state index contributed by atoms with van der Waals surface area (Å²) in [6.07, 6.45) is 0.711. The van der Waals surface area contributed by atoms with Crippen LogP contribution in [-0.2, 0) is 16.0 Å². The van der Waals surface area contributed by atoms with Gasteiger partial charge >= 0.3 is 11.9 Å². The summed E-state index contributed by atoms with van der Waals surface area (Å²) < 4.78 is 4.94. The molecule has 3 N–H and O–H groups in total. The minimum Gasteiger partial charge on any atom is -0.480 e. The van der Waals surface area contributed by atoms with Gasteiger partial charge in [0, 0.05) is 10.7 Å². The molecule has 1 heterocycles. The van der Waals surface area contributed by atoms with Crippen LogP contribution >= 0.6 is 11.6 Å². The van der Waals surface area contributed by atoms with Crippen LogP contribution in [0.5, 0.6) is 0 Å². The number of nitrogens with one attached hydrogen (secondary N) is 2. The molecule has 0 fully saturated rings. The number of benzene rings is 2. The summed E-state index contributed by atoms with van der Waals surface area (Å²) >= 11 is 6.25. The van der Waals surface area contributed by atoms with E-state index < -0.39 is 17.5 Å². The highest BCUT2D eigenvalue weighted by atomic mass is 35.5. The Morgan fingerprint density at radius 1 is 1.27 bits per heavy atom. The lowest BCUT2D eigenvalue weighted by molar-refractivity contribution is -0.141. The van der Waals surface area contributed by atoms with Gasteiger partial charge in [-0.1, -0.05) is 37.6 Å². The summed E-state index contributed by atoms with van der Waals surface area (Å²) in [5, 5.41) is 16.5. The van der Waals surface area contributed by atoms with E-state index in [0.717, 1.165) is 16.8 Å². The second-order valence-electron chi connectivity index (χ2n) is 8.90. The average Bonchev–Trinajstić information content (AvgIpc) is 2.65. The van der Waals surface area contributed by atoms with Crippen molar-refractivity contribution in [2.24, 2.45) is 5.41 Å². The molecule has 0 aliphatic carbocycles. The number of carboxylic acid groups (broad SMARTS) is 1. The highest BCUT2D eigenvalue weighted by molar-refractivity contribution is 6.31. The summed E-state index contributed by atoms with van der Waals surface area (Å²) in [5.74, 6) is -1.38. The van der Waals surface area contributed by atoms with Gasteiger partial charge in [-0.3, -0.25) is 0 Å². The van der Waals surface area contributed by atoms with Crippen molar-refractivity contribution in [1.29, 1.82) is 0 Å². The standard InChI is InChI=1S/C23H27ClN2O4/c1-22(2)12-14-9-15(24)11-17(20(27)30-5)18(14)25-19(22)13-7-6-8-16(10-13)26-23(3,4)21(28)29/h6-11,19,25-26H,12H2,1-5H3,(H,28,29). The maximum atomic E-state index is 12.3. The van der Waals surface area contributed by atoms with E-state index in [4.69, 9.17) is 16.3 Å². The Hall–Kier alpha value is -2.73. The lowest BCUT2D eigenvalue weighted by Gasteiger charge is -2.42. The summed E-state index contributed by atoms with van der Waals surface area (Å²) in [6, 6.07) is 11.1. The van der Waals surface area contributed by atoms with Crippen LogP contribution in [0.15, 0.2) is 36.4 Å². The van der Waals surface area contributed by atoms with E-state index in [0.29, 0.717) is 22.7 Å². The van der Waals surface area contributed by atoms with Crippen molar-refractivity contribution in [2.45, 2.75) is 45.7 Å². The van der Waals surface area contributed by atoms with Crippen molar-refractivity contribution in [3.63, 3.8) is 0 Å². The number of hydrogen-bond donors (Lipinski definition) is 3. The van der Waals surface area contributed by atoms with Crippen molar-refractivity contribution < 1.29 is 19.4 Å². The highest BCUT2D eigenvalue weighted by Crippen LogP contribution is 2.47. The van der Waals surface area contributed by atoms with Gasteiger partial charge in [-0.2, -0.15) is 0 Å². The molecule has 1 atom stereocenters. The molecule has 0 radical (unpaired) electrons. The van der Waals surface area contributed by atoms with Crippen molar-refractivity contribution in [1.82, 2.24) is 0 Å². The fourth-order valence-electron chi connectivity index (χ4n) is 3.92. The number of rotatable bonds is 5. The molecule has 0 saturated heterocycles. The van der Waals surface area contributed by atoms with Gasteiger partial charge in [0.2, 0.25) is 0 Å². The molecule has 6 nitrogen and oxygen atoms in total. The number of ether oxygens (including phenoxy) is 1. The molecule has 0 bridgehead atoms. The fraction of sp³-hybridized carbons (Fsp3) is 0.391. The number of methoxy groups -OCH3 is 1. The number of carbonyl (C=O) groups excluding carboxylic acids is 1. The van der Waals surface area contributed by atoms with Crippen LogP contribution in [0.1, 0.15) is 55.2 Å². The van der Waals surface area contributed by atoms with E-state index in [2.05, 4.69) is 24.5 Å². The molecule has 2 aromatic carbocycles. The van der Waals surface area contributed by atoms with Gasteiger partial charge in [-0.15, -0.1) is 0 Å². The second-order valence-corrected chi connectivity index (χ2v) is 9.34. The largest absolute Gasteiger partial charge is 0.480 e. The number of carboxylic acids is 1. The van der Waals surface area contributed by atoms with Gasteiger partial charge in [-0.25, -0.2) is 9.59 Å². The molecule has 0 saturated carbocycles.